The number of carboxylic acid groups (broad SMARTS) is 1. The van der Waals surface area contributed by atoms with Crippen LogP contribution in [0.2, 0.25) is 0 Å². The molecular weight excluding hydrogens is 254 g/mol. The van der Waals surface area contributed by atoms with E-state index in [2.05, 4.69) is 14.5 Å². The van der Waals surface area contributed by atoms with Crippen LogP contribution in [0.1, 0.15) is 46.1 Å². The molecule has 0 fully saturated rings. The highest BCUT2D eigenvalue weighted by atomic mass is 16.4. The fourth-order valence-corrected chi connectivity index (χ4v) is 2.87. The third-order valence-corrected chi connectivity index (χ3v) is 3.85. The van der Waals surface area contributed by atoms with Gasteiger partial charge in [-0.05, 0) is 38.7 Å². The van der Waals surface area contributed by atoms with Crippen molar-refractivity contribution in [3.8, 4) is 0 Å². The van der Waals surface area contributed by atoms with Crippen LogP contribution in [0.5, 0.6) is 0 Å². The SMILES string of the molecule is Cc1nc2c(n1Cc1cccnc1C(=O)O)CCCC2. The van der Waals surface area contributed by atoms with E-state index in [4.69, 9.17) is 0 Å². The summed E-state index contributed by atoms with van der Waals surface area (Å²) in [4.78, 5) is 19.8. The summed E-state index contributed by atoms with van der Waals surface area (Å²) in [5, 5.41) is 9.21. The molecule has 3 rings (SSSR count). The van der Waals surface area contributed by atoms with E-state index in [9.17, 15) is 9.90 Å². The molecule has 1 N–H and O–H groups in total. The van der Waals surface area contributed by atoms with Gasteiger partial charge in [-0.15, -0.1) is 0 Å². The first-order chi connectivity index (χ1) is 9.66. The summed E-state index contributed by atoms with van der Waals surface area (Å²) >= 11 is 0. The second-order valence-electron chi connectivity index (χ2n) is 5.16. The van der Waals surface area contributed by atoms with E-state index < -0.39 is 5.97 Å². The molecule has 0 amide bonds. The Balaban J connectivity index is 2.00. The molecule has 5 heteroatoms. The largest absolute Gasteiger partial charge is 0.477 e. The van der Waals surface area contributed by atoms with Crippen LogP contribution in [-0.4, -0.2) is 25.6 Å². The van der Waals surface area contributed by atoms with Crippen molar-refractivity contribution in [3.05, 3.63) is 46.8 Å². The Morgan fingerprint density at radius 2 is 2.20 bits per heavy atom. The van der Waals surface area contributed by atoms with Gasteiger partial charge >= 0.3 is 5.97 Å². The summed E-state index contributed by atoms with van der Waals surface area (Å²) < 4.78 is 2.14. The number of rotatable bonds is 3. The number of carboxylic acids is 1. The number of hydrogen-bond acceptors (Lipinski definition) is 3. The lowest BCUT2D eigenvalue weighted by molar-refractivity contribution is 0.0689. The normalized spacial score (nSPS) is 14.1. The highest BCUT2D eigenvalue weighted by Gasteiger charge is 2.19. The zero-order valence-corrected chi connectivity index (χ0v) is 11.5. The molecule has 0 spiro atoms. The molecule has 104 valence electrons. The molecule has 0 saturated heterocycles. The maximum absolute atomic E-state index is 11.2. The molecule has 0 unspecified atom stereocenters. The highest BCUT2D eigenvalue weighted by molar-refractivity contribution is 5.86. The minimum absolute atomic E-state index is 0.130. The fourth-order valence-electron chi connectivity index (χ4n) is 2.87. The second kappa shape index (κ2) is 5.07. The maximum Gasteiger partial charge on any atom is 0.354 e. The van der Waals surface area contributed by atoms with Crippen molar-refractivity contribution in [2.45, 2.75) is 39.2 Å². The molecule has 0 aromatic carbocycles. The Kier molecular flexibility index (Phi) is 3.26. The predicted octanol–water partition coefficient (Wildman–Crippen LogP) is 2.21. The standard InChI is InChI=1S/C15H17N3O2/c1-10-17-12-6-2-3-7-13(12)18(10)9-11-5-4-8-16-14(11)15(19)20/h4-5,8H,2-3,6-7,9H2,1H3,(H,19,20). The molecule has 2 aromatic rings. The van der Waals surface area contributed by atoms with Crippen LogP contribution in [0.3, 0.4) is 0 Å². The topological polar surface area (TPSA) is 68.0 Å². The number of carbonyl (C=O) groups is 1. The van der Waals surface area contributed by atoms with Gasteiger partial charge in [-0.1, -0.05) is 6.07 Å². The monoisotopic (exact) mass is 271 g/mol. The van der Waals surface area contributed by atoms with E-state index in [1.54, 1.807) is 6.07 Å². The average molecular weight is 271 g/mol. The molecule has 2 heterocycles. The zero-order chi connectivity index (χ0) is 14.1. The number of aromatic carboxylic acids is 1. The van der Waals surface area contributed by atoms with Gasteiger partial charge in [0.05, 0.1) is 12.2 Å². The summed E-state index contributed by atoms with van der Waals surface area (Å²) in [6, 6.07) is 3.60. The van der Waals surface area contributed by atoms with Gasteiger partial charge in [0.15, 0.2) is 5.69 Å². The first-order valence-corrected chi connectivity index (χ1v) is 6.89. The molecule has 20 heavy (non-hydrogen) atoms. The fraction of sp³-hybridized carbons (Fsp3) is 0.400. The van der Waals surface area contributed by atoms with Gasteiger partial charge < -0.3 is 9.67 Å². The van der Waals surface area contributed by atoms with Gasteiger partial charge in [0.25, 0.3) is 0 Å². The van der Waals surface area contributed by atoms with Gasteiger partial charge in [0.1, 0.15) is 5.82 Å². The summed E-state index contributed by atoms with van der Waals surface area (Å²) in [6.45, 7) is 2.51. The zero-order valence-electron chi connectivity index (χ0n) is 11.5. The number of nitrogens with zero attached hydrogens (tertiary/aromatic N) is 3. The van der Waals surface area contributed by atoms with Gasteiger partial charge in [0, 0.05) is 17.5 Å². The number of fused-ring (bicyclic) bond motifs is 1. The molecule has 0 saturated carbocycles. The lowest BCUT2D eigenvalue weighted by Crippen LogP contribution is -2.13. The van der Waals surface area contributed by atoms with E-state index in [0.717, 1.165) is 24.2 Å². The van der Waals surface area contributed by atoms with Gasteiger partial charge in [-0.2, -0.15) is 0 Å². The van der Waals surface area contributed by atoms with Crippen molar-refractivity contribution in [1.82, 2.24) is 14.5 Å². The van der Waals surface area contributed by atoms with Crippen molar-refractivity contribution in [2.75, 3.05) is 0 Å². The van der Waals surface area contributed by atoms with Gasteiger partial charge in [0.2, 0.25) is 0 Å². The minimum Gasteiger partial charge on any atom is -0.477 e. The lowest BCUT2D eigenvalue weighted by Gasteiger charge is -2.15. The quantitative estimate of drug-likeness (QED) is 0.929. The van der Waals surface area contributed by atoms with Crippen molar-refractivity contribution >= 4 is 5.97 Å². The number of hydrogen-bond donors (Lipinski definition) is 1. The lowest BCUT2D eigenvalue weighted by atomic mass is 10.0. The average Bonchev–Trinajstić information content (AvgIpc) is 2.76. The maximum atomic E-state index is 11.2. The molecule has 0 radical (unpaired) electrons. The second-order valence-corrected chi connectivity index (χ2v) is 5.16. The van der Waals surface area contributed by atoms with Crippen molar-refractivity contribution in [3.63, 3.8) is 0 Å². The van der Waals surface area contributed by atoms with E-state index >= 15 is 0 Å². The first-order valence-electron chi connectivity index (χ1n) is 6.89. The van der Waals surface area contributed by atoms with E-state index in [1.807, 2.05) is 13.0 Å². The molecule has 1 aliphatic rings. The molecule has 1 aliphatic carbocycles. The molecule has 2 aromatic heterocycles. The van der Waals surface area contributed by atoms with E-state index in [-0.39, 0.29) is 5.69 Å². The Morgan fingerprint density at radius 3 is 3.00 bits per heavy atom. The van der Waals surface area contributed by atoms with Gasteiger partial charge in [-0.3, -0.25) is 0 Å². The van der Waals surface area contributed by atoms with E-state index in [0.29, 0.717) is 6.54 Å². The number of imidazole rings is 1. The van der Waals surface area contributed by atoms with E-state index in [1.165, 1.54) is 30.4 Å². The number of pyridine rings is 1. The Labute approximate surface area is 117 Å². The molecular formula is C15H17N3O2. The predicted molar refractivity (Wildman–Crippen MR) is 73.9 cm³/mol. The molecule has 5 nitrogen and oxygen atoms in total. The van der Waals surface area contributed by atoms with Crippen LogP contribution in [0.25, 0.3) is 0 Å². The van der Waals surface area contributed by atoms with Crippen LogP contribution >= 0.6 is 0 Å². The summed E-state index contributed by atoms with van der Waals surface area (Å²) in [7, 11) is 0. The first kappa shape index (κ1) is 12.8. The number of aromatic nitrogens is 3. The van der Waals surface area contributed by atoms with Gasteiger partial charge in [-0.25, -0.2) is 14.8 Å². The Hall–Kier alpha value is -2.17. The Bertz CT molecular complexity index is 661. The molecule has 0 atom stereocenters. The summed E-state index contributed by atoms with van der Waals surface area (Å²) in [5.41, 5.74) is 3.29. The van der Waals surface area contributed by atoms with Crippen LogP contribution in [0, 0.1) is 6.92 Å². The highest BCUT2D eigenvalue weighted by Crippen LogP contribution is 2.23. The Morgan fingerprint density at radius 1 is 1.40 bits per heavy atom. The van der Waals surface area contributed by atoms with Crippen LogP contribution < -0.4 is 0 Å². The smallest absolute Gasteiger partial charge is 0.354 e. The van der Waals surface area contributed by atoms with Crippen LogP contribution in [0.4, 0.5) is 0 Å². The van der Waals surface area contributed by atoms with Crippen molar-refractivity contribution < 1.29 is 9.90 Å². The summed E-state index contributed by atoms with van der Waals surface area (Å²) in [5.74, 6) is -0.0238. The van der Waals surface area contributed by atoms with Crippen LogP contribution in [0.15, 0.2) is 18.3 Å². The molecule has 0 aliphatic heterocycles. The van der Waals surface area contributed by atoms with Crippen molar-refractivity contribution in [1.29, 1.82) is 0 Å². The minimum atomic E-state index is -0.979. The third-order valence-electron chi connectivity index (χ3n) is 3.85. The number of aryl methyl sites for hydroxylation is 2. The third kappa shape index (κ3) is 2.19. The molecule has 0 bridgehead atoms. The van der Waals surface area contributed by atoms with Crippen molar-refractivity contribution in [2.24, 2.45) is 0 Å². The van der Waals surface area contributed by atoms with Crippen LogP contribution in [-0.2, 0) is 19.4 Å². The summed E-state index contributed by atoms with van der Waals surface area (Å²) in [6.07, 6.45) is 5.94.